The number of nitrogens with one attached hydrogen (secondary N) is 2. The molecule has 148 valence electrons. The molecule has 2 aliphatic heterocycles. The Balaban J connectivity index is 1.43. The first-order valence-electron chi connectivity index (χ1n) is 9.79. The highest BCUT2D eigenvalue weighted by Gasteiger charge is 2.30. The molecule has 2 aromatic rings. The Morgan fingerprint density at radius 3 is 2.82 bits per heavy atom. The van der Waals surface area contributed by atoms with E-state index in [1.165, 1.54) is 6.07 Å². The number of aryl methyl sites for hydroxylation is 1. The van der Waals surface area contributed by atoms with E-state index in [-0.39, 0.29) is 11.7 Å². The first-order chi connectivity index (χ1) is 13.4. The van der Waals surface area contributed by atoms with Crippen LogP contribution in [0.25, 0.3) is 0 Å². The summed E-state index contributed by atoms with van der Waals surface area (Å²) < 4.78 is 14.1. The number of likely N-dealkylation sites (N-methyl/N-ethyl adjacent to an activating group) is 1. The maximum atomic E-state index is 14.1. The molecule has 1 fully saturated rings. The smallest absolute Gasteiger partial charge is 0.247 e. The van der Waals surface area contributed by atoms with Crippen molar-refractivity contribution in [3.63, 3.8) is 0 Å². The van der Waals surface area contributed by atoms with Crippen LogP contribution < -0.4 is 15.5 Å². The molecule has 2 aliphatic rings. The van der Waals surface area contributed by atoms with Gasteiger partial charge in [0.15, 0.2) is 0 Å². The lowest BCUT2D eigenvalue weighted by Gasteiger charge is -2.22. The summed E-state index contributed by atoms with van der Waals surface area (Å²) in [5.74, 6) is -0.394. The number of nitrogens with zero attached hydrogens (tertiary/aromatic N) is 2. The first-order valence-corrected chi connectivity index (χ1v) is 9.79. The van der Waals surface area contributed by atoms with Crippen molar-refractivity contribution in [2.45, 2.75) is 31.8 Å². The summed E-state index contributed by atoms with van der Waals surface area (Å²) in [4.78, 5) is 17.4. The molecule has 0 aromatic heterocycles. The van der Waals surface area contributed by atoms with Gasteiger partial charge < -0.3 is 20.4 Å². The van der Waals surface area contributed by atoms with Crippen molar-refractivity contribution in [3.05, 3.63) is 53.3 Å². The maximum absolute atomic E-state index is 14.1. The number of hydrogen-bond donors (Lipinski definition) is 2. The summed E-state index contributed by atoms with van der Waals surface area (Å²) in [5, 5.41) is 6.18. The lowest BCUT2D eigenvalue weighted by Crippen LogP contribution is -2.33. The molecule has 6 heteroatoms. The van der Waals surface area contributed by atoms with Gasteiger partial charge in [0.05, 0.1) is 0 Å². The largest absolute Gasteiger partial charge is 0.373 e. The Morgan fingerprint density at radius 1 is 1.29 bits per heavy atom. The lowest BCUT2D eigenvalue weighted by atomic mass is 10.1. The van der Waals surface area contributed by atoms with Crippen LogP contribution in [0.2, 0.25) is 0 Å². The van der Waals surface area contributed by atoms with Crippen LogP contribution in [0.4, 0.5) is 21.5 Å². The zero-order valence-electron chi connectivity index (χ0n) is 16.6. The molecule has 0 aliphatic carbocycles. The van der Waals surface area contributed by atoms with Crippen molar-refractivity contribution in [3.8, 4) is 0 Å². The third-order valence-electron chi connectivity index (χ3n) is 5.88. The monoisotopic (exact) mass is 382 g/mol. The van der Waals surface area contributed by atoms with Crippen LogP contribution >= 0.6 is 0 Å². The van der Waals surface area contributed by atoms with Crippen molar-refractivity contribution in [2.75, 3.05) is 42.7 Å². The number of anilines is 3. The van der Waals surface area contributed by atoms with Crippen molar-refractivity contribution < 1.29 is 9.18 Å². The van der Waals surface area contributed by atoms with E-state index in [2.05, 4.69) is 40.6 Å². The SMILES string of the molecule is Cc1ccc(F)c2c1NC(C(=O)Nc1cccc(N3CC[C@H](N(C)C)C3)c1)C2. The zero-order valence-corrected chi connectivity index (χ0v) is 16.6. The molecule has 1 amide bonds. The fourth-order valence-electron chi connectivity index (χ4n) is 4.14. The summed E-state index contributed by atoms with van der Waals surface area (Å²) in [6.07, 6.45) is 1.50. The molecule has 1 saturated heterocycles. The molecule has 2 heterocycles. The fraction of sp³-hybridized carbons (Fsp3) is 0.409. The molecular formula is C22H27FN4O. The van der Waals surface area contributed by atoms with Gasteiger partial charge in [-0.1, -0.05) is 12.1 Å². The minimum absolute atomic E-state index is 0.139. The highest BCUT2D eigenvalue weighted by atomic mass is 19.1. The predicted octanol–water partition coefficient (Wildman–Crippen LogP) is 3.25. The standard InChI is InChI=1S/C22H27FN4O/c1-14-7-8-19(23)18-12-20(25-21(14)18)22(28)24-15-5-4-6-16(11-15)27-10-9-17(13-27)26(2)3/h4-8,11,17,20,25H,9-10,12-13H2,1-3H3,(H,24,28)/t17-,20?/m0/s1. The third kappa shape index (κ3) is 3.56. The minimum Gasteiger partial charge on any atom is -0.373 e. The van der Waals surface area contributed by atoms with Crippen molar-refractivity contribution in [2.24, 2.45) is 0 Å². The van der Waals surface area contributed by atoms with Crippen molar-refractivity contribution in [1.29, 1.82) is 0 Å². The molecule has 28 heavy (non-hydrogen) atoms. The average Bonchev–Trinajstić information content (AvgIpc) is 3.33. The van der Waals surface area contributed by atoms with Crippen LogP contribution in [0.1, 0.15) is 17.5 Å². The van der Waals surface area contributed by atoms with Gasteiger partial charge in [-0.2, -0.15) is 0 Å². The van der Waals surface area contributed by atoms with E-state index in [4.69, 9.17) is 0 Å². The molecule has 4 rings (SSSR count). The highest BCUT2D eigenvalue weighted by molar-refractivity contribution is 5.98. The van der Waals surface area contributed by atoms with E-state index in [1.54, 1.807) is 6.07 Å². The predicted molar refractivity (Wildman–Crippen MR) is 112 cm³/mol. The van der Waals surface area contributed by atoms with E-state index >= 15 is 0 Å². The molecule has 2 aromatic carbocycles. The van der Waals surface area contributed by atoms with E-state index in [9.17, 15) is 9.18 Å². The van der Waals surface area contributed by atoms with Crippen LogP contribution in [0.5, 0.6) is 0 Å². The molecule has 5 nitrogen and oxygen atoms in total. The second kappa shape index (κ2) is 7.43. The number of halogens is 1. The molecule has 1 unspecified atom stereocenters. The van der Waals surface area contributed by atoms with Crippen molar-refractivity contribution >= 4 is 23.0 Å². The average molecular weight is 382 g/mol. The Bertz CT molecular complexity index is 867. The maximum Gasteiger partial charge on any atom is 0.247 e. The molecule has 0 bridgehead atoms. The normalized spacial score (nSPS) is 21.0. The summed E-state index contributed by atoms with van der Waals surface area (Å²) in [6.45, 7) is 3.92. The van der Waals surface area contributed by atoms with E-state index in [1.807, 2.05) is 25.1 Å². The molecule has 0 spiro atoms. The van der Waals surface area contributed by atoms with Gasteiger partial charge in [-0.05, 0) is 57.3 Å². The summed E-state index contributed by atoms with van der Waals surface area (Å²) in [5.41, 5.74) is 4.19. The Kier molecular flexibility index (Phi) is 4.98. The van der Waals surface area contributed by atoms with Gasteiger partial charge in [-0.3, -0.25) is 4.79 Å². The molecular weight excluding hydrogens is 355 g/mol. The number of rotatable bonds is 4. The summed E-state index contributed by atoms with van der Waals surface area (Å²) in [7, 11) is 4.23. The highest BCUT2D eigenvalue weighted by Crippen LogP contribution is 2.32. The number of carbonyl (C=O) groups excluding carboxylic acids is 1. The van der Waals surface area contributed by atoms with Gasteiger partial charge in [0, 0.05) is 48.2 Å². The fourth-order valence-corrected chi connectivity index (χ4v) is 4.14. The first kappa shape index (κ1) is 18.7. The molecule has 2 N–H and O–H groups in total. The zero-order chi connectivity index (χ0) is 19.8. The second-order valence-electron chi connectivity index (χ2n) is 8.01. The lowest BCUT2D eigenvalue weighted by molar-refractivity contribution is -0.116. The minimum atomic E-state index is -0.459. The number of hydrogen-bond acceptors (Lipinski definition) is 4. The second-order valence-corrected chi connectivity index (χ2v) is 8.01. The molecule has 0 saturated carbocycles. The number of fused-ring (bicyclic) bond motifs is 1. The van der Waals surface area contributed by atoms with E-state index < -0.39 is 6.04 Å². The van der Waals surface area contributed by atoms with E-state index in [0.717, 1.165) is 42.1 Å². The van der Waals surface area contributed by atoms with Crippen LogP contribution in [0.15, 0.2) is 36.4 Å². The van der Waals surface area contributed by atoms with Crippen LogP contribution in [-0.2, 0) is 11.2 Å². The number of amides is 1. The Morgan fingerprint density at radius 2 is 2.11 bits per heavy atom. The quantitative estimate of drug-likeness (QED) is 0.852. The topological polar surface area (TPSA) is 47.6 Å². The third-order valence-corrected chi connectivity index (χ3v) is 5.88. The van der Waals surface area contributed by atoms with Crippen LogP contribution in [0, 0.1) is 12.7 Å². The van der Waals surface area contributed by atoms with Crippen molar-refractivity contribution in [1.82, 2.24) is 4.90 Å². The number of carbonyl (C=O) groups is 1. The molecule has 2 atom stereocenters. The summed E-state index contributed by atoms with van der Waals surface area (Å²) >= 11 is 0. The number of benzene rings is 2. The Hall–Kier alpha value is -2.60. The van der Waals surface area contributed by atoms with Crippen LogP contribution in [-0.4, -0.2) is 50.1 Å². The van der Waals surface area contributed by atoms with Gasteiger partial charge >= 0.3 is 0 Å². The van der Waals surface area contributed by atoms with Gasteiger partial charge in [-0.15, -0.1) is 0 Å². The van der Waals surface area contributed by atoms with Gasteiger partial charge in [0.25, 0.3) is 0 Å². The van der Waals surface area contributed by atoms with Gasteiger partial charge in [-0.25, -0.2) is 4.39 Å². The molecule has 0 radical (unpaired) electrons. The van der Waals surface area contributed by atoms with E-state index in [0.29, 0.717) is 18.0 Å². The van der Waals surface area contributed by atoms with Gasteiger partial charge in [0.1, 0.15) is 11.9 Å². The Labute approximate surface area is 165 Å². The van der Waals surface area contributed by atoms with Gasteiger partial charge in [0.2, 0.25) is 5.91 Å². The summed E-state index contributed by atoms with van der Waals surface area (Å²) in [6, 6.07) is 11.3. The van der Waals surface area contributed by atoms with Crippen LogP contribution in [0.3, 0.4) is 0 Å².